The van der Waals surface area contributed by atoms with E-state index in [0.717, 1.165) is 23.3 Å². The molecule has 2 amide bonds. The van der Waals surface area contributed by atoms with Crippen LogP contribution in [0.2, 0.25) is 5.02 Å². The van der Waals surface area contributed by atoms with Crippen molar-refractivity contribution in [2.24, 2.45) is 0 Å². The Hall–Kier alpha value is -2.05. The van der Waals surface area contributed by atoms with Crippen molar-refractivity contribution in [1.82, 2.24) is 10.2 Å². The normalized spacial score (nSPS) is 11.7. The van der Waals surface area contributed by atoms with Crippen LogP contribution >= 0.6 is 23.4 Å². The van der Waals surface area contributed by atoms with Gasteiger partial charge in [0.25, 0.3) is 0 Å². The molecule has 31 heavy (non-hydrogen) atoms. The standard InChI is InChI=1S/C24H30ClFN2O2S/c1-3-5-15-27-24(30)22(4-2)28(17-18-6-10-20(26)11-7-18)23(29)14-16-31-21-12-8-19(25)9-13-21/h6-13,22H,3-5,14-17H2,1-2H3,(H,27,30)/t22-/m0/s1. The molecule has 0 aromatic heterocycles. The van der Waals surface area contributed by atoms with Crippen molar-refractivity contribution >= 4 is 35.2 Å². The Morgan fingerprint density at radius 2 is 1.77 bits per heavy atom. The Kier molecular flexibility index (Phi) is 10.9. The Morgan fingerprint density at radius 1 is 1.10 bits per heavy atom. The maximum Gasteiger partial charge on any atom is 0.242 e. The first kappa shape index (κ1) is 25.2. The number of nitrogens with zero attached hydrogens (tertiary/aromatic N) is 1. The number of hydrogen-bond acceptors (Lipinski definition) is 3. The molecule has 0 heterocycles. The maximum atomic E-state index is 13.3. The van der Waals surface area contributed by atoms with E-state index in [0.29, 0.717) is 30.2 Å². The lowest BCUT2D eigenvalue weighted by Crippen LogP contribution is -2.49. The van der Waals surface area contributed by atoms with E-state index in [9.17, 15) is 14.0 Å². The number of hydrogen-bond donors (Lipinski definition) is 1. The zero-order chi connectivity index (χ0) is 22.6. The van der Waals surface area contributed by atoms with Gasteiger partial charge in [0, 0.05) is 35.2 Å². The summed E-state index contributed by atoms with van der Waals surface area (Å²) in [6.07, 6.45) is 2.69. The number of thioether (sulfide) groups is 1. The minimum atomic E-state index is -0.560. The third kappa shape index (κ3) is 8.54. The lowest BCUT2D eigenvalue weighted by molar-refractivity contribution is -0.141. The van der Waals surface area contributed by atoms with Crippen molar-refractivity contribution in [3.63, 3.8) is 0 Å². The number of amides is 2. The average Bonchev–Trinajstić information content (AvgIpc) is 2.76. The summed E-state index contributed by atoms with van der Waals surface area (Å²) in [6, 6.07) is 13.0. The van der Waals surface area contributed by atoms with Crippen LogP contribution in [0.15, 0.2) is 53.4 Å². The van der Waals surface area contributed by atoms with Gasteiger partial charge >= 0.3 is 0 Å². The van der Waals surface area contributed by atoms with E-state index < -0.39 is 6.04 Å². The van der Waals surface area contributed by atoms with Gasteiger partial charge in [-0.15, -0.1) is 11.8 Å². The van der Waals surface area contributed by atoms with E-state index in [2.05, 4.69) is 12.2 Å². The summed E-state index contributed by atoms with van der Waals surface area (Å²) in [5.41, 5.74) is 0.792. The molecule has 2 aromatic carbocycles. The molecule has 1 atom stereocenters. The first-order valence-electron chi connectivity index (χ1n) is 10.6. The lowest BCUT2D eigenvalue weighted by atomic mass is 10.1. The van der Waals surface area contributed by atoms with Gasteiger partial charge in [-0.2, -0.15) is 0 Å². The van der Waals surface area contributed by atoms with Gasteiger partial charge in [0.15, 0.2) is 0 Å². The number of rotatable bonds is 12. The molecule has 4 nitrogen and oxygen atoms in total. The molecule has 0 radical (unpaired) electrons. The second kappa shape index (κ2) is 13.4. The quantitative estimate of drug-likeness (QED) is 0.324. The van der Waals surface area contributed by atoms with Crippen LogP contribution in [0.4, 0.5) is 4.39 Å². The number of halogens is 2. The lowest BCUT2D eigenvalue weighted by Gasteiger charge is -2.30. The van der Waals surface area contributed by atoms with Crippen LogP contribution < -0.4 is 5.32 Å². The molecule has 168 valence electrons. The summed E-state index contributed by atoms with van der Waals surface area (Å²) in [6.45, 7) is 4.82. The number of benzene rings is 2. The third-order valence-corrected chi connectivity index (χ3v) is 6.15. The topological polar surface area (TPSA) is 49.4 Å². The van der Waals surface area contributed by atoms with Crippen molar-refractivity contribution in [1.29, 1.82) is 0 Å². The second-order valence-corrected chi connectivity index (χ2v) is 8.87. The monoisotopic (exact) mass is 464 g/mol. The van der Waals surface area contributed by atoms with Crippen LogP contribution in [0, 0.1) is 5.82 Å². The van der Waals surface area contributed by atoms with Crippen molar-refractivity contribution in [2.45, 2.75) is 57.0 Å². The Balaban J connectivity index is 2.08. The largest absolute Gasteiger partial charge is 0.354 e. The van der Waals surface area contributed by atoms with Crippen molar-refractivity contribution < 1.29 is 14.0 Å². The molecule has 0 saturated carbocycles. The van der Waals surface area contributed by atoms with Crippen molar-refractivity contribution in [3.8, 4) is 0 Å². The molecule has 0 unspecified atom stereocenters. The first-order chi connectivity index (χ1) is 14.9. The molecule has 1 N–H and O–H groups in total. The van der Waals surface area contributed by atoms with Gasteiger partial charge in [-0.1, -0.05) is 44.0 Å². The number of carbonyl (C=O) groups is 2. The molecule has 0 bridgehead atoms. The van der Waals surface area contributed by atoms with Gasteiger partial charge in [0.1, 0.15) is 11.9 Å². The fourth-order valence-electron chi connectivity index (χ4n) is 3.14. The van der Waals surface area contributed by atoms with E-state index in [1.165, 1.54) is 12.1 Å². The van der Waals surface area contributed by atoms with Crippen LogP contribution in [-0.2, 0) is 16.1 Å². The summed E-state index contributed by atoms with van der Waals surface area (Å²) in [5, 5.41) is 3.61. The number of nitrogens with one attached hydrogen (secondary N) is 1. The summed E-state index contributed by atoms with van der Waals surface area (Å²) in [7, 11) is 0. The fourth-order valence-corrected chi connectivity index (χ4v) is 4.11. The molecule has 0 aliphatic heterocycles. The van der Waals surface area contributed by atoms with Gasteiger partial charge in [0.2, 0.25) is 11.8 Å². The van der Waals surface area contributed by atoms with Gasteiger partial charge in [-0.25, -0.2) is 4.39 Å². The highest BCUT2D eigenvalue weighted by Gasteiger charge is 2.28. The number of unbranched alkanes of at least 4 members (excludes halogenated alkanes) is 1. The molecular formula is C24H30ClFN2O2S. The highest BCUT2D eigenvalue weighted by atomic mass is 35.5. The average molecular weight is 465 g/mol. The summed E-state index contributed by atoms with van der Waals surface area (Å²) >= 11 is 7.49. The van der Waals surface area contributed by atoms with Gasteiger partial charge in [0.05, 0.1) is 0 Å². The maximum absolute atomic E-state index is 13.3. The predicted molar refractivity (Wildman–Crippen MR) is 126 cm³/mol. The van der Waals surface area contributed by atoms with Gasteiger partial charge in [-0.3, -0.25) is 9.59 Å². The first-order valence-corrected chi connectivity index (χ1v) is 12.0. The zero-order valence-corrected chi connectivity index (χ0v) is 19.6. The smallest absolute Gasteiger partial charge is 0.242 e. The second-order valence-electron chi connectivity index (χ2n) is 7.27. The van der Waals surface area contributed by atoms with Crippen LogP contribution in [0.1, 0.15) is 45.1 Å². The predicted octanol–water partition coefficient (Wildman–Crippen LogP) is 5.69. The van der Waals surface area contributed by atoms with Crippen molar-refractivity contribution in [2.75, 3.05) is 12.3 Å². The Labute approximate surface area is 193 Å². The van der Waals surface area contributed by atoms with Crippen LogP contribution in [0.25, 0.3) is 0 Å². The number of carbonyl (C=O) groups excluding carboxylic acids is 2. The summed E-state index contributed by atoms with van der Waals surface area (Å²) in [5.74, 6) is 0.0271. The minimum absolute atomic E-state index is 0.0942. The molecule has 7 heteroatoms. The molecule has 0 aliphatic rings. The SMILES string of the molecule is CCCCNC(=O)[C@H](CC)N(Cc1ccc(F)cc1)C(=O)CCSc1ccc(Cl)cc1. The minimum Gasteiger partial charge on any atom is -0.354 e. The van der Waals surface area contributed by atoms with E-state index in [1.54, 1.807) is 28.8 Å². The van der Waals surface area contributed by atoms with Crippen LogP contribution in [0.3, 0.4) is 0 Å². The molecule has 2 aromatic rings. The molecule has 0 saturated heterocycles. The molecule has 0 aliphatic carbocycles. The zero-order valence-electron chi connectivity index (χ0n) is 18.1. The Bertz CT molecular complexity index is 830. The summed E-state index contributed by atoms with van der Waals surface area (Å²) in [4.78, 5) is 28.6. The molecule has 0 spiro atoms. The van der Waals surface area contributed by atoms with E-state index in [4.69, 9.17) is 11.6 Å². The van der Waals surface area contributed by atoms with E-state index in [1.807, 2.05) is 31.2 Å². The van der Waals surface area contributed by atoms with Crippen LogP contribution in [0.5, 0.6) is 0 Å². The van der Waals surface area contributed by atoms with Gasteiger partial charge in [-0.05, 0) is 54.8 Å². The molecule has 0 fully saturated rings. The highest BCUT2D eigenvalue weighted by Crippen LogP contribution is 2.22. The Morgan fingerprint density at radius 3 is 2.39 bits per heavy atom. The van der Waals surface area contributed by atoms with E-state index >= 15 is 0 Å². The summed E-state index contributed by atoms with van der Waals surface area (Å²) < 4.78 is 13.3. The van der Waals surface area contributed by atoms with Gasteiger partial charge < -0.3 is 10.2 Å². The van der Waals surface area contributed by atoms with Crippen molar-refractivity contribution in [3.05, 3.63) is 64.9 Å². The third-order valence-electron chi connectivity index (χ3n) is 4.88. The highest BCUT2D eigenvalue weighted by molar-refractivity contribution is 7.99. The van der Waals surface area contributed by atoms with E-state index in [-0.39, 0.29) is 24.2 Å². The fraction of sp³-hybridized carbons (Fsp3) is 0.417. The molecule has 2 rings (SSSR count). The molecular weight excluding hydrogens is 435 g/mol. The van der Waals surface area contributed by atoms with Crippen LogP contribution in [-0.4, -0.2) is 35.1 Å².